The van der Waals surface area contributed by atoms with Gasteiger partial charge in [0.1, 0.15) is 0 Å². The Hall–Kier alpha value is -6.00. The van der Waals surface area contributed by atoms with Crippen molar-refractivity contribution in [3.8, 4) is 0 Å². The van der Waals surface area contributed by atoms with E-state index in [2.05, 4.69) is 227 Å². The van der Waals surface area contributed by atoms with Gasteiger partial charge in [-0.2, -0.15) is 0 Å². The van der Waals surface area contributed by atoms with Gasteiger partial charge in [-0.3, -0.25) is 0 Å². The molecule has 7 aromatic carbocycles. The first-order valence-electron chi connectivity index (χ1n) is 19.6. The van der Waals surface area contributed by atoms with E-state index in [0.29, 0.717) is 0 Å². The average molecular weight is 714 g/mol. The Balaban J connectivity index is 1.28. The van der Waals surface area contributed by atoms with Crippen LogP contribution in [-0.4, -0.2) is 6.71 Å². The Morgan fingerprint density at radius 1 is 0.418 bits per heavy atom. The van der Waals surface area contributed by atoms with Crippen LogP contribution in [0.3, 0.4) is 0 Å². The molecule has 0 unspecified atom stereocenters. The molecule has 0 saturated heterocycles. The molecule has 0 aliphatic carbocycles. The van der Waals surface area contributed by atoms with Gasteiger partial charge in [0.25, 0.3) is 6.71 Å². The van der Waals surface area contributed by atoms with Crippen molar-refractivity contribution in [3.63, 3.8) is 0 Å². The second-order valence-electron chi connectivity index (χ2n) is 17.2. The molecule has 0 saturated carbocycles. The maximum atomic E-state index is 2.49. The fourth-order valence-electron chi connectivity index (χ4n) is 8.50. The quantitative estimate of drug-likeness (QED) is 0.164. The Kier molecular flexibility index (Phi) is 8.27. The standard InChI is InChI=1S/C51H48BN3/c1-35-20-26-41(27-21-35)55-47-19-13-18-46-49(47)52(43-16-11-12-17-45(43)54(46)38-14-9-8-10-15-38)44-33-32-42(34-48(44)55)53(39-28-22-36(23-29-39)50(2,3)4)40-30-24-37(25-31-40)51(5,6)7/h8-34H,1-7H3. The number of hydrogen-bond acceptors (Lipinski definition) is 3. The lowest BCUT2D eigenvalue weighted by Gasteiger charge is -2.44. The van der Waals surface area contributed by atoms with E-state index in [1.807, 2.05) is 0 Å². The van der Waals surface area contributed by atoms with E-state index in [9.17, 15) is 0 Å². The maximum Gasteiger partial charge on any atom is 0.252 e. The van der Waals surface area contributed by atoms with Crippen LogP contribution < -0.4 is 31.1 Å². The third-order valence-corrected chi connectivity index (χ3v) is 11.4. The minimum atomic E-state index is 0.0662. The summed E-state index contributed by atoms with van der Waals surface area (Å²) in [6, 6.07) is 61.0. The van der Waals surface area contributed by atoms with Crippen LogP contribution >= 0.6 is 0 Å². The predicted octanol–water partition coefficient (Wildman–Crippen LogP) is 12.1. The fraction of sp³-hybridized carbons (Fsp3) is 0.176. The molecule has 270 valence electrons. The second kappa shape index (κ2) is 13.1. The van der Waals surface area contributed by atoms with Crippen molar-refractivity contribution < 1.29 is 0 Å². The normalized spacial score (nSPS) is 13.3. The molecular formula is C51H48BN3. The summed E-state index contributed by atoms with van der Waals surface area (Å²) < 4.78 is 0. The van der Waals surface area contributed by atoms with E-state index in [1.54, 1.807) is 0 Å². The summed E-state index contributed by atoms with van der Waals surface area (Å²) >= 11 is 0. The van der Waals surface area contributed by atoms with Crippen LogP contribution in [0.4, 0.5) is 51.2 Å². The lowest BCUT2D eigenvalue weighted by molar-refractivity contribution is 0.590. The summed E-state index contributed by atoms with van der Waals surface area (Å²) in [5, 5.41) is 0. The summed E-state index contributed by atoms with van der Waals surface area (Å²) in [5.41, 5.74) is 18.5. The number of rotatable bonds is 5. The smallest absolute Gasteiger partial charge is 0.252 e. The molecule has 2 aliphatic heterocycles. The number of aryl methyl sites for hydroxylation is 1. The van der Waals surface area contributed by atoms with Crippen molar-refractivity contribution >= 4 is 74.3 Å². The first kappa shape index (κ1) is 34.8. The third kappa shape index (κ3) is 6.01. The molecule has 0 amide bonds. The van der Waals surface area contributed by atoms with Gasteiger partial charge in [0.2, 0.25) is 0 Å². The SMILES string of the molecule is Cc1ccc(N2c3cc(N(c4ccc(C(C)(C)C)cc4)c4ccc(C(C)(C)C)cc4)ccc3B3c4ccccc4N(c4ccccc4)c4cccc2c43)cc1. The van der Waals surface area contributed by atoms with E-state index in [0.717, 1.165) is 28.4 Å². The zero-order valence-electron chi connectivity index (χ0n) is 33.0. The molecule has 2 aliphatic rings. The summed E-state index contributed by atoms with van der Waals surface area (Å²) in [4.78, 5) is 7.36. The molecule has 3 nitrogen and oxygen atoms in total. The summed E-state index contributed by atoms with van der Waals surface area (Å²) in [7, 11) is 0. The highest BCUT2D eigenvalue weighted by Gasteiger charge is 2.43. The molecule has 0 N–H and O–H groups in total. The van der Waals surface area contributed by atoms with Crippen molar-refractivity contribution in [3.05, 3.63) is 180 Å². The Bertz CT molecular complexity index is 2450. The summed E-state index contributed by atoms with van der Waals surface area (Å²) in [6.07, 6.45) is 0. The van der Waals surface area contributed by atoms with Crippen LogP contribution in [0.25, 0.3) is 0 Å². The number of hydrogen-bond donors (Lipinski definition) is 0. The molecule has 0 aromatic heterocycles. The van der Waals surface area contributed by atoms with Crippen LogP contribution in [0.5, 0.6) is 0 Å². The van der Waals surface area contributed by atoms with E-state index < -0.39 is 0 Å². The predicted molar refractivity (Wildman–Crippen MR) is 237 cm³/mol. The highest BCUT2D eigenvalue weighted by molar-refractivity contribution is 7.00. The topological polar surface area (TPSA) is 9.72 Å². The van der Waals surface area contributed by atoms with E-state index in [1.165, 1.54) is 55.8 Å². The van der Waals surface area contributed by atoms with Gasteiger partial charge >= 0.3 is 0 Å². The first-order valence-corrected chi connectivity index (χ1v) is 19.6. The van der Waals surface area contributed by atoms with Crippen LogP contribution in [0, 0.1) is 6.92 Å². The van der Waals surface area contributed by atoms with Crippen molar-refractivity contribution in [2.75, 3.05) is 14.7 Å². The Morgan fingerprint density at radius 3 is 1.47 bits per heavy atom. The number of nitrogens with zero attached hydrogens (tertiary/aromatic N) is 3. The van der Waals surface area contributed by atoms with Gasteiger partial charge in [-0.25, -0.2) is 0 Å². The van der Waals surface area contributed by atoms with Crippen molar-refractivity contribution in [2.45, 2.75) is 59.3 Å². The van der Waals surface area contributed by atoms with E-state index in [4.69, 9.17) is 0 Å². The van der Waals surface area contributed by atoms with Crippen LogP contribution in [-0.2, 0) is 10.8 Å². The van der Waals surface area contributed by atoms with Gasteiger partial charge in [0.05, 0.1) is 0 Å². The number of para-hydroxylation sites is 2. The van der Waals surface area contributed by atoms with Crippen molar-refractivity contribution in [2.24, 2.45) is 0 Å². The molecule has 0 fully saturated rings. The molecule has 7 aromatic rings. The highest BCUT2D eigenvalue weighted by Crippen LogP contribution is 2.46. The molecule has 0 spiro atoms. The molecule has 4 heteroatoms. The molecule has 0 radical (unpaired) electrons. The Morgan fingerprint density at radius 2 is 0.891 bits per heavy atom. The van der Waals surface area contributed by atoms with E-state index >= 15 is 0 Å². The molecule has 0 bridgehead atoms. The van der Waals surface area contributed by atoms with Crippen LogP contribution in [0.2, 0.25) is 0 Å². The molecule has 2 heterocycles. The van der Waals surface area contributed by atoms with Gasteiger partial charge in [0, 0.05) is 51.2 Å². The number of benzene rings is 7. The highest BCUT2D eigenvalue weighted by atomic mass is 15.2. The lowest BCUT2D eigenvalue weighted by atomic mass is 9.33. The minimum Gasteiger partial charge on any atom is -0.311 e. The van der Waals surface area contributed by atoms with Crippen molar-refractivity contribution in [1.29, 1.82) is 0 Å². The lowest BCUT2D eigenvalue weighted by Crippen LogP contribution is -2.61. The summed E-state index contributed by atoms with van der Waals surface area (Å²) in [5.74, 6) is 0. The minimum absolute atomic E-state index is 0.0662. The van der Waals surface area contributed by atoms with Gasteiger partial charge in [-0.15, -0.1) is 0 Å². The largest absolute Gasteiger partial charge is 0.311 e. The molecular weight excluding hydrogens is 665 g/mol. The fourth-order valence-corrected chi connectivity index (χ4v) is 8.50. The Labute approximate surface area is 327 Å². The van der Waals surface area contributed by atoms with Crippen LogP contribution in [0.1, 0.15) is 58.2 Å². The number of fused-ring (bicyclic) bond motifs is 4. The van der Waals surface area contributed by atoms with Gasteiger partial charge in [-0.05, 0) is 124 Å². The monoisotopic (exact) mass is 713 g/mol. The molecule has 55 heavy (non-hydrogen) atoms. The zero-order chi connectivity index (χ0) is 38.1. The summed E-state index contributed by atoms with van der Waals surface area (Å²) in [6.45, 7) is 15.9. The average Bonchev–Trinajstić information content (AvgIpc) is 3.18. The van der Waals surface area contributed by atoms with Crippen molar-refractivity contribution in [1.82, 2.24) is 0 Å². The first-order chi connectivity index (χ1) is 26.5. The zero-order valence-corrected chi connectivity index (χ0v) is 33.0. The molecule has 9 rings (SSSR count). The van der Waals surface area contributed by atoms with Crippen LogP contribution in [0.15, 0.2) is 164 Å². The maximum absolute atomic E-state index is 2.49. The van der Waals surface area contributed by atoms with Gasteiger partial charge in [-0.1, -0.05) is 132 Å². The number of anilines is 9. The molecule has 0 atom stereocenters. The van der Waals surface area contributed by atoms with Gasteiger partial charge in [0.15, 0.2) is 0 Å². The van der Waals surface area contributed by atoms with E-state index in [-0.39, 0.29) is 17.5 Å². The third-order valence-electron chi connectivity index (χ3n) is 11.4. The second-order valence-corrected chi connectivity index (χ2v) is 17.2. The van der Waals surface area contributed by atoms with Gasteiger partial charge < -0.3 is 14.7 Å².